The summed E-state index contributed by atoms with van der Waals surface area (Å²) >= 11 is 5.91. The first kappa shape index (κ1) is 22.3. The topological polar surface area (TPSA) is 60.9 Å². The third kappa shape index (κ3) is 5.30. The van der Waals surface area contributed by atoms with Gasteiger partial charge in [0.25, 0.3) is 5.91 Å². The Hall–Kier alpha value is -2.86. The van der Waals surface area contributed by atoms with Crippen LogP contribution in [0.25, 0.3) is 0 Å². The zero-order valence-corrected chi connectivity index (χ0v) is 18.8. The summed E-state index contributed by atoms with van der Waals surface area (Å²) < 4.78 is 0. The van der Waals surface area contributed by atoms with Gasteiger partial charge in [-0.25, -0.2) is 0 Å². The molecule has 7 heteroatoms. The summed E-state index contributed by atoms with van der Waals surface area (Å²) in [6.07, 6.45) is 2.01. The maximum Gasteiger partial charge on any atom is 0.253 e. The lowest BCUT2D eigenvalue weighted by molar-refractivity contribution is -0.141. The molecule has 0 aliphatic carbocycles. The molecule has 2 fully saturated rings. The van der Waals surface area contributed by atoms with Crippen molar-refractivity contribution in [1.82, 2.24) is 14.7 Å². The van der Waals surface area contributed by atoms with Crippen molar-refractivity contribution in [1.29, 1.82) is 0 Å². The number of rotatable bonds is 4. The number of benzene rings is 2. The third-order valence-corrected chi connectivity index (χ3v) is 6.54. The molecule has 168 valence electrons. The van der Waals surface area contributed by atoms with Crippen molar-refractivity contribution in [3.63, 3.8) is 0 Å². The number of likely N-dealkylation sites (tertiary alicyclic amines) is 1. The van der Waals surface area contributed by atoms with Gasteiger partial charge in [0.1, 0.15) is 0 Å². The first-order valence-corrected chi connectivity index (χ1v) is 11.5. The lowest BCUT2D eigenvalue weighted by atomic mass is 9.95. The summed E-state index contributed by atoms with van der Waals surface area (Å²) in [5.74, 6) is -0.0287. The first-order valence-electron chi connectivity index (χ1n) is 11.2. The Kier molecular flexibility index (Phi) is 7.10. The molecule has 2 heterocycles. The van der Waals surface area contributed by atoms with Crippen molar-refractivity contribution in [2.45, 2.75) is 19.3 Å². The number of carbonyl (C=O) groups is 3. The minimum Gasteiger partial charge on any atom is -0.342 e. The van der Waals surface area contributed by atoms with Crippen LogP contribution < -0.4 is 0 Å². The van der Waals surface area contributed by atoms with Crippen LogP contribution in [0.1, 0.15) is 28.8 Å². The first-order chi connectivity index (χ1) is 15.5. The van der Waals surface area contributed by atoms with Gasteiger partial charge in [-0.2, -0.15) is 0 Å². The number of piperidine rings is 1. The van der Waals surface area contributed by atoms with Crippen molar-refractivity contribution >= 4 is 29.3 Å². The molecule has 32 heavy (non-hydrogen) atoms. The lowest BCUT2D eigenvalue weighted by Gasteiger charge is -2.39. The van der Waals surface area contributed by atoms with Gasteiger partial charge in [0.05, 0.1) is 12.3 Å². The minimum atomic E-state index is -0.165. The third-order valence-electron chi connectivity index (χ3n) is 6.29. The molecular weight excluding hydrogens is 426 g/mol. The van der Waals surface area contributed by atoms with Crippen molar-refractivity contribution in [3.05, 3.63) is 70.7 Å². The van der Waals surface area contributed by atoms with Gasteiger partial charge in [-0.1, -0.05) is 41.9 Å². The Balaban J connectivity index is 1.29. The summed E-state index contributed by atoms with van der Waals surface area (Å²) in [6, 6.07) is 16.6. The van der Waals surface area contributed by atoms with E-state index in [-0.39, 0.29) is 23.6 Å². The fourth-order valence-corrected chi connectivity index (χ4v) is 4.58. The van der Waals surface area contributed by atoms with Crippen LogP contribution in [0.2, 0.25) is 5.02 Å². The predicted octanol–water partition coefficient (Wildman–Crippen LogP) is 3.11. The van der Waals surface area contributed by atoms with Crippen LogP contribution >= 0.6 is 11.6 Å². The second-order valence-corrected chi connectivity index (χ2v) is 8.90. The Bertz CT molecular complexity index is 956. The highest BCUT2D eigenvalue weighted by Crippen LogP contribution is 2.21. The molecule has 1 atom stereocenters. The van der Waals surface area contributed by atoms with E-state index >= 15 is 0 Å². The number of piperazine rings is 1. The van der Waals surface area contributed by atoms with Gasteiger partial charge in [-0.15, -0.1) is 0 Å². The molecule has 0 aromatic heterocycles. The average molecular weight is 454 g/mol. The molecule has 6 nitrogen and oxygen atoms in total. The standard InChI is InChI=1S/C25H28ClN3O3/c26-22-10-8-20(9-11-22)24(31)27-13-15-28(16-14-27)25(32)21-7-4-12-29(18-21)23(30)17-19-5-2-1-3-6-19/h1-3,5-6,8-11,21H,4,7,12-18H2. The van der Waals surface area contributed by atoms with E-state index in [1.807, 2.05) is 40.1 Å². The summed E-state index contributed by atoms with van der Waals surface area (Å²) in [5.41, 5.74) is 1.60. The van der Waals surface area contributed by atoms with Crippen LogP contribution in [0.15, 0.2) is 54.6 Å². The molecule has 3 amide bonds. The number of hydrogen-bond acceptors (Lipinski definition) is 3. The Morgan fingerprint density at radius 1 is 0.812 bits per heavy atom. The van der Waals surface area contributed by atoms with Gasteiger partial charge in [-0.3, -0.25) is 14.4 Å². The maximum atomic E-state index is 13.1. The number of halogens is 1. The fourth-order valence-electron chi connectivity index (χ4n) is 4.45. The van der Waals surface area contributed by atoms with Crippen molar-refractivity contribution in [3.8, 4) is 0 Å². The highest BCUT2D eigenvalue weighted by atomic mass is 35.5. The van der Waals surface area contributed by atoms with Crippen LogP contribution in [0.4, 0.5) is 0 Å². The predicted molar refractivity (Wildman–Crippen MR) is 123 cm³/mol. The van der Waals surface area contributed by atoms with Gasteiger partial charge in [0, 0.05) is 49.9 Å². The van der Waals surface area contributed by atoms with Crippen molar-refractivity contribution < 1.29 is 14.4 Å². The molecule has 2 aromatic rings. The van der Waals surface area contributed by atoms with E-state index in [2.05, 4.69) is 0 Å². The van der Waals surface area contributed by atoms with E-state index < -0.39 is 0 Å². The van der Waals surface area contributed by atoms with Crippen molar-refractivity contribution in [2.24, 2.45) is 5.92 Å². The number of hydrogen-bond donors (Lipinski definition) is 0. The molecule has 0 bridgehead atoms. The van der Waals surface area contributed by atoms with Gasteiger partial charge < -0.3 is 14.7 Å². The van der Waals surface area contributed by atoms with Crippen LogP contribution in [-0.4, -0.2) is 71.7 Å². The molecule has 2 aliphatic rings. The van der Waals surface area contributed by atoms with Crippen LogP contribution in [0, 0.1) is 5.92 Å². The molecule has 0 saturated carbocycles. The molecule has 2 aliphatic heterocycles. The van der Waals surface area contributed by atoms with Crippen molar-refractivity contribution in [2.75, 3.05) is 39.3 Å². The fraction of sp³-hybridized carbons (Fsp3) is 0.400. The second-order valence-electron chi connectivity index (χ2n) is 8.47. The highest BCUT2D eigenvalue weighted by Gasteiger charge is 2.33. The Labute approximate surface area is 193 Å². The van der Waals surface area contributed by atoms with E-state index in [1.165, 1.54) is 0 Å². The van der Waals surface area contributed by atoms with Gasteiger partial charge >= 0.3 is 0 Å². The molecule has 2 aromatic carbocycles. The van der Waals surface area contributed by atoms with E-state index in [1.54, 1.807) is 29.2 Å². The molecule has 0 spiro atoms. The molecule has 0 radical (unpaired) electrons. The zero-order valence-electron chi connectivity index (χ0n) is 18.1. The summed E-state index contributed by atoms with van der Waals surface area (Å²) in [5, 5.41) is 0.598. The van der Waals surface area contributed by atoms with E-state index in [9.17, 15) is 14.4 Å². The average Bonchev–Trinajstić information content (AvgIpc) is 2.84. The largest absolute Gasteiger partial charge is 0.342 e. The number of carbonyl (C=O) groups excluding carboxylic acids is 3. The van der Waals surface area contributed by atoms with Crippen LogP contribution in [0.5, 0.6) is 0 Å². The molecule has 2 saturated heterocycles. The summed E-state index contributed by atoms with van der Waals surface area (Å²) in [4.78, 5) is 44.0. The molecular formula is C25H28ClN3O3. The number of nitrogens with zero attached hydrogens (tertiary/aromatic N) is 3. The van der Waals surface area contributed by atoms with Crippen LogP contribution in [0.3, 0.4) is 0 Å². The monoisotopic (exact) mass is 453 g/mol. The maximum absolute atomic E-state index is 13.1. The Morgan fingerprint density at radius 3 is 2.16 bits per heavy atom. The highest BCUT2D eigenvalue weighted by molar-refractivity contribution is 6.30. The van der Waals surface area contributed by atoms with Gasteiger partial charge in [-0.05, 0) is 42.7 Å². The van der Waals surface area contributed by atoms with Gasteiger partial charge in [0.2, 0.25) is 11.8 Å². The van der Waals surface area contributed by atoms with E-state index in [0.29, 0.717) is 56.3 Å². The summed E-state index contributed by atoms with van der Waals surface area (Å²) in [6.45, 7) is 3.25. The SMILES string of the molecule is O=C(Cc1ccccc1)N1CCCC(C(=O)N2CCN(C(=O)c3ccc(Cl)cc3)CC2)C1. The quantitative estimate of drug-likeness (QED) is 0.714. The van der Waals surface area contributed by atoms with E-state index in [0.717, 1.165) is 18.4 Å². The zero-order chi connectivity index (χ0) is 22.5. The normalized spacial score (nSPS) is 19.0. The molecule has 1 unspecified atom stereocenters. The van der Waals surface area contributed by atoms with E-state index in [4.69, 9.17) is 11.6 Å². The van der Waals surface area contributed by atoms with Crippen LogP contribution in [-0.2, 0) is 16.0 Å². The Morgan fingerprint density at radius 2 is 1.47 bits per heavy atom. The second kappa shape index (κ2) is 10.2. The molecule has 4 rings (SSSR count). The smallest absolute Gasteiger partial charge is 0.253 e. The van der Waals surface area contributed by atoms with Gasteiger partial charge in [0.15, 0.2) is 0 Å². The lowest BCUT2D eigenvalue weighted by Crippen LogP contribution is -2.54. The minimum absolute atomic E-state index is 0.0379. The number of amides is 3. The summed E-state index contributed by atoms with van der Waals surface area (Å²) in [7, 11) is 0. The molecule has 0 N–H and O–H groups in total.